The van der Waals surface area contributed by atoms with Crippen molar-refractivity contribution in [2.75, 3.05) is 46.8 Å². The van der Waals surface area contributed by atoms with Gasteiger partial charge in [-0.15, -0.1) is 0 Å². The van der Waals surface area contributed by atoms with Gasteiger partial charge in [-0.2, -0.15) is 0 Å². The average molecular weight is 354 g/mol. The molecule has 0 radical (unpaired) electrons. The first kappa shape index (κ1) is 17.4. The lowest BCUT2D eigenvalue weighted by Gasteiger charge is -2.26. The van der Waals surface area contributed by atoms with E-state index in [-0.39, 0.29) is 12.4 Å². The van der Waals surface area contributed by atoms with Crippen LogP contribution in [-0.2, 0) is 4.74 Å². The van der Waals surface area contributed by atoms with Crippen LogP contribution in [-0.4, -0.2) is 31.3 Å². The Morgan fingerprint density at radius 3 is 2.92 bits per heavy atom. The van der Waals surface area contributed by atoms with Crippen molar-refractivity contribution in [3.63, 3.8) is 0 Å². The van der Waals surface area contributed by atoms with E-state index in [2.05, 4.69) is 20.9 Å². The molecule has 2 heterocycles. The number of hydrogen-bond donors (Lipinski definition) is 4. The molecule has 0 aliphatic carbocycles. The largest absolute Gasteiger partial charge is 0.450 e. The van der Waals surface area contributed by atoms with Crippen molar-refractivity contribution in [1.29, 1.82) is 0 Å². The number of rotatable bonds is 4. The standard InChI is InChI=1S/C18H22N6O2/c1-3-26-18(25)23-15-9-14-16(17(19)22-15)21-12(10-20-14)11-24(2)13-7-5-4-6-8-13/h4-9,11,20-21H,3,10H2,1-2H3,(H3,19,22,23,25). The highest BCUT2D eigenvalue weighted by atomic mass is 16.5. The number of aromatic nitrogens is 1. The molecule has 0 fully saturated rings. The summed E-state index contributed by atoms with van der Waals surface area (Å²) in [7, 11) is 1.98. The third kappa shape index (κ3) is 3.97. The molecule has 8 heteroatoms. The van der Waals surface area contributed by atoms with Crippen molar-refractivity contribution in [2.45, 2.75) is 6.92 Å². The number of anilines is 5. The maximum Gasteiger partial charge on any atom is 0.412 e. The van der Waals surface area contributed by atoms with Crippen LogP contribution in [0, 0.1) is 0 Å². The van der Waals surface area contributed by atoms with E-state index in [1.807, 2.05) is 48.5 Å². The van der Waals surface area contributed by atoms with Crippen molar-refractivity contribution in [3.8, 4) is 0 Å². The molecular weight excluding hydrogens is 332 g/mol. The molecule has 1 aromatic heterocycles. The molecule has 3 rings (SSSR count). The second kappa shape index (κ2) is 7.64. The summed E-state index contributed by atoms with van der Waals surface area (Å²) in [6.45, 7) is 2.61. The van der Waals surface area contributed by atoms with Gasteiger partial charge in [-0.25, -0.2) is 9.78 Å². The molecule has 136 valence electrons. The van der Waals surface area contributed by atoms with Gasteiger partial charge in [0, 0.05) is 25.0 Å². The van der Waals surface area contributed by atoms with Crippen LogP contribution in [0.25, 0.3) is 0 Å². The first-order valence-corrected chi connectivity index (χ1v) is 8.30. The van der Waals surface area contributed by atoms with E-state index >= 15 is 0 Å². The van der Waals surface area contributed by atoms with Crippen molar-refractivity contribution in [2.24, 2.45) is 0 Å². The SMILES string of the molecule is CCOC(=O)Nc1cc2c(c(N)n1)NC(=CN(C)c1ccccc1)CN2. The molecular formula is C18H22N6O2. The predicted molar refractivity (Wildman–Crippen MR) is 104 cm³/mol. The van der Waals surface area contributed by atoms with Gasteiger partial charge in [-0.05, 0) is 19.1 Å². The fraction of sp³-hybridized carbons (Fsp3) is 0.222. The molecule has 0 atom stereocenters. The van der Waals surface area contributed by atoms with E-state index in [4.69, 9.17) is 10.5 Å². The van der Waals surface area contributed by atoms with Gasteiger partial charge in [0.15, 0.2) is 5.82 Å². The molecule has 0 saturated carbocycles. The lowest BCUT2D eigenvalue weighted by Crippen LogP contribution is -2.24. The summed E-state index contributed by atoms with van der Waals surface area (Å²) in [6, 6.07) is 11.7. The molecule has 1 amide bonds. The molecule has 1 aliphatic rings. The minimum atomic E-state index is -0.562. The third-order valence-corrected chi connectivity index (χ3v) is 3.82. The Hall–Kier alpha value is -3.42. The number of nitrogens with zero attached hydrogens (tertiary/aromatic N) is 2. The summed E-state index contributed by atoms with van der Waals surface area (Å²) in [4.78, 5) is 17.8. The second-order valence-corrected chi connectivity index (χ2v) is 5.74. The molecule has 0 unspecified atom stereocenters. The number of benzene rings is 1. The Labute approximate surface area is 152 Å². The van der Waals surface area contributed by atoms with Crippen LogP contribution in [0.3, 0.4) is 0 Å². The Kier molecular flexibility index (Phi) is 5.12. The van der Waals surface area contributed by atoms with E-state index < -0.39 is 6.09 Å². The Morgan fingerprint density at radius 1 is 1.42 bits per heavy atom. The lowest BCUT2D eigenvalue weighted by molar-refractivity contribution is 0.168. The number of amides is 1. The summed E-state index contributed by atoms with van der Waals surface area (Å²) < 4.78 is 4.85. The number of carbonyl (C=O) groups is 1. The quantitative estimate of drug-likeness (QED) is 0.669. The van der Waals surface area contributed by atoms with Crippen LogP contribution < -0.4 is 26.6 Å². The van der Waals surface area contributed by atoms with Gasteiger partial charge in [0.25, 0.3) is 0 Å². The van der Waals surface area contributed by atoms with Crippen molar-refractivity contribution in [1.82, 2.24) is 4.98 Å². The molecule has 8 nitrogen and oxygen atoms in total. The fourth-order valence-electron chi connectivity index (χ4n) is 2.62. The van der Waals surface area contributed by atoms with Gasteiger partial charge in [0.1, 0.15) is 11.5 Å². The fourth-order valence-corrected chi connectivity index (χ4v) is 2.62. The molecule has 5 N–H and O–H groups in total. The van der Waals surface area contributed by atoms with Crippen LogP contribution in [0.1, 0.15) is 6.92 Å². The van der Waals surface area contributed by atoms with Gasteiger partial charge < -0.3 is 26.0 Å². The highest BCUT2D eigenvalue weighted by Crippen LogP contribution is 2.34. The number of pyridine rings is 1. The summed E-state index contributed by atoms with van der Waals surface area (Å²) in [5.41, 5.74) is 9.52. The zero-order valence-corrected chi connectivity index (χ0v) is 14.7. The lowest BCUT2D eigenvalue weighted by atomic mass is 10.2. The van der Waals surface area contributed by atoms with Crippen LogP contribution in [0.5, 0.6) is 0 Å². The monoisotopic (exact) mass is 354 g/mol. The molecule has 1 aliphatic heterocycles. The number of nitrogens with two attached hydrogens (primary N) is 1. The Bertz CT molecular complexity index is 822. The zero-order valence-electron chi connectivity index (χ0n) is 14.7. The summed E-state index contributed by atoms with van der Waals surface area (Å²) >= 11 is 0. The van der Waals surface area contributed by atoms with Crippen molar-refractivity contribution >= 4 is 34.8 Å². The van der Waals surface area contributed by atoms with E-state index in [0.717, 1.165) is 17.1 Å². The number of nitrogen functional groups attached to an aromatic ring is 1. The van der Waals surface area contributed by atoms with Gasteiger partial charge >= 0.3 is 6.09 Å². The van der Waals surface area contributed by atoms with E-state index in [0.29, 0.717) is 18.1 Å². The molecule has 1 aromatic carbocycles. The minimum absolute atomic E-state index is 0.287. The number of carbonyl (C=O) groups excluding carboxylic acids is 1. The number of hydrogen-bond acceptors (Lipinski definition) is 7. The highest BCUT2D eigenvalue weighted by molar-refractivity contribution is 5.89. The normalized spacial score (nSPS) is 14.0. The van der Waals surface area contributed by atoms with Gasteiger partial charge in [-0.1, -0.05) is 18.2 Å². The molecule has 0 bridgehead atoms. The number of nitrogens with one attached hydrogen (secondary N) is 3. The molecule has 26 heavy (non-hydrogen) atoms. The maximum absolute atomic E-state index is 11.5. The third-order valence-electron chi connectivity index (χ3n) is 3.82. The summed E-state index contributed by atoms with van der Waals surface area (Å²) in [5, 5.41) is 9.14. The van der Waals surface area contributed by atoms with E-state index in [9.17, 15) is 4.79 Å². The number of ether oxygens (including phenoxy) is 1. The topological polar surface area (TPSA) is 105 Å². The van der Waals surface area contributed by atoms with Gasteiger partial charge in [0.05, 0.1) is 24.5 Å². The van der Waals surface area contributed by atoms with Crippen molar-refractivity contribution in [3.05, 3.63) is 48.3 Å². The number of para-hydroxylation sites is 1. The smallest absolute Gasteiger partial charge is 0.412 e. The first-order chi connectivity index (χ1) is 12.6. The zero-order chi connectivity index (χ0) is 18.5. The van der Waals surface area contributed by atoms with E-state index in [1.54, 1.807) is 13.0 Å². The summed E-state index contributed by atoms with van der Waals surface area (Å²) in [6.07, 6.45) is 1.43. The Morgan fingerprint density at radius 2 is 2.19 bits per heavy atom. The molecule has 0 saturated heterocycles. The van der Waals surface area contributed by atoms with Crippen LogP contribution in [0.4, 0.5) is 33.5 Å². The molecule has 2 aromatic rings. The van der Waals surface area contributed by atoms with Gasteiger partial charge in [-0.3, -0.25) is 5.32 Å². The van der Waals surface area contributed by atoms with Crippen LogP contribution >= 0.6 is 0 Å². The van der Waals surface area contributed by atoms with Crippen LogP contribution in [0.2, 0.25) is 0 Å². The number of fused-ring (bicyclic) bond motifs is 1. The second-order valence-electron chi connectivity index (χ2n) is 5.74. The Balaban J connectivity index is 1.76. The average Bonchev–Trinajstić information content (AvgIpc) is 2.63. The first-order valence-electron chi connectivity index (χ1n) is 8.30. The predicted octanol–water partition coefficient (Wildman–Crippen LogP) is 3.05. The van der Waals surface area contributed by atoms with E-state index in [1.165, 1.54) is 0 Å². The van der Waals surface area contributed by atoms with Crippen LogP contribution in [0.15, 0.2) is 48.3 Å². The van der Waals surface area contributed by atoms with Gasteiger partial charge in [0.2, 0.25) is 0 Å². The minimum Gasteiger partial charge on any atom is -0.450 e. The highest BCUT2D eigenvalue weighted by Gasteiger charge is 2.18. The molecule has 0 spiro atoms. The van der Waals surface area contributed by atoms with Crippen molar-refractivity contribution < 1.29 is 9.53 Å². The maximum atomic E-state index is 11.5. The summed E-state index contributed by atoms with van der Waals surface area (Å²) in [5.74, 6) is 0.623.